The number of morpholine rings is 1. The minimum absolute atomic E-state index is 0.168. The van der Waals surface area contributed by atoms with Gasteiger partial charge in [0.1, 0.15) is 0 Å². The number of rotatable bonds is 3. The standard InChI is InChI=1S/C13H13F3N4O3/c14-13(15,16)11-10(1-5-23-11)12(21)19-4-6-22-9(7-19)8-20-3-2-17-18-20/h1-3,5,9H,4,6-8H2. The van der Waals surface area contributed by atoms with Crippen LogP contribution in [0.1, 0.15) is 16.1 Å². The molecule has 124 valence electrons. The quantitative estimate of drug-likeness (QED) is 0.851. The Bertz CT molecular complexity index is 668. The molecular formula is C13H13F3N4O3. The number of amides is 1. The number of furan rings is 1. The van der Waals surface area contributed by atoms with Crippen molar-refractivity contribution in [3.05, 3.63) is 36.0 Å². The van der Waals surface area contributed by atoms with Crippen LogP contribution in [-0.4, -0.2) is 51.6 Å². The van der Waals surface area contributed by atoms with E-state index >= 15 is 0 Å². The van der Waals surface area contributed by atoms with Gasteiger partial charge in [-0.25, -0.2) is 4.68 Å². The molecule has 1 unspecified atom stereocenters. The molecule has 10 heteroatoms. The Labute approximate surface area is 128 Å². The number of hydrogen-bond donors (Lipinski definition) is 0. The minimum atomic E-state index is -4.71. The summed E-state index contributed by atoms with van der Waals surface area (Å²) in [6.45, 7) is 0.988. The van der Waals surface area contributed by atoms with Crippen molar-refractivity contribution in [3.63, 3.8) is 0 Å². The number of aromatic nitrogens is 3. The summed E-state index contributed by atoms with van der Waals surface area (Å²) in [5.74, 6) is -2.00. The molecule has 0 spiro atoms. The maximum atomic E-state index is 12.8. The summed E-state index contributed by atoms with van der Waals surface area (Å²) in [5, 5.41) is 7.46. The number of hydrogen-bond acceptors (Lipinski definition) is 5. The molecule has 1 amide bonds. The van der Waals surface area contributed by atoms with Crippen LogP contribution in [0.15, 0.2) is 29.1 Å². The van der Waals surface area contributed by atoms with Crippen LogP contribution in [0, 0.1) is 0 Å². The molecule has 1 fully saturated rings. The summed E-state index contributed by atoms with van der Waals surface area (Å²) in [7, 11) is 0. The normalized spacial score (nSPS) is 19.1. The van der Waals surface area contributed by atoms with Crippen LogP contribution < -0.4 is 0 Å². The Morgan fingerprint density at radius 2 is 2.26 bits per heavy atom. The molecule has 1 saturated heterocycles. The van der Waals surface area contributed by atoms with E-state index in [-0.39, 0.29) is 25.8 Å². The van der Waals surface area contributed by atoms with Gasteiger partial charge in [0.25, 0.3) is 5.91 Å². The lowest BCUT2D eigenvalue weighted by Crippen LogP contribution is -2.47. The monoisotopic (exact) mass is 330 g/mol. The second kappa shape index (κ2) is 6.03. The molecule has 3 rings (SSSR count). The first kappa shape index (κ1) is 15.5. The van der Waals surface area contributed by atoms with Crippen LogP contribution in [0.25, 0.3) is 0 Å². The van der Waals surface area contributed by atoms with Gasteiger partial charge in [0.05, 0.1) is 37.3 Å². The highest BCUT2D eigenvalue weighted by molar-refractivity contribution is 5.95. The predicted molar refractivity (Wildman–Crippen MR) is 69.4 cm³/mol. The highest BCUT2D eigenvalue weighted by atomic mass is 19.4. The Kier molecular flexibility index (Phi) is 4.07. The molecule has 2 aromatic heterocycles. The van der Waals surface area contributed by atoms with E-state index in [4.69, 9.17) is 4.74 Å². The highest BCUT2D eigenvalue weighted by Crippen LogP contribution is 2.33. The van der Waals surface area contributed by atoms with E-state index in [2.05, 4.69) is 14.7 Å². The summed E-state index contributed by atoms with van der Waals surface area (Å²) in [6.07, 6.45) is -1.06. The van der Waals surface area contributed by atoms with Gasteiger partial charge < -0.3 is 14.1 Å². The van der Waals surface area contributed by atoms with Crippen LogP contribution in [-0.2, 0) is 17.5 Å². The fourth-order valence-electron chi connectivity index (χ4n) is 2.42. The molecule has 0 aliphatic carbocycles. The summed E-state index contributed by atoms with van der Waals surface area (Å²) in [6, 6.07) is 1.03. The number of carbonyl (C=O) groups excluding carboxylic acids is 1. The molecule has 1 aliphatic rings. The van der Waals surface area contributed by atoms with Crippen molar-refractivity contribution >= 4 is 5.91 Å². The van der Waals surface area contributed by atoms with Crippen LogP contribution in [0.5, 0.6) is 0 Å². The third-order valence-corrected chi connectivity index (χ3v) is 3.44. The van der Waals surface area contributed by atoms with Crippen molar-refractivity contribution in [1.29, 1.82) is 0 Å². The number of nitrogens with zero attached hydrogens (tertiary/aromatic N) is 4. The fraction of sp³-hybridized carbons (Fsp3) is 0.462. The summed E-state index contributed by atoms with van der Waals surface area (Å²) in [4.78, 5) is 13.7. The van der Waals surface area contributed by atoms with Gasteiger partial charge in [-0.15, -0.1) is 5.10 Å². The zero-order valence-electron chi connectivity index (χ0n) is 11.9. The molecule has 0 N–H and O–H groups in total. The zero-order valence-corrected chi connectivity index (χ0v) is 11.9. The van der Waals surface area contributed by atoms with Crippen LogP contribution in [0.3, 0.4) is 0 Å². The largest absolute Gasteiger partial charge is 0.459 e. The van der Waals surface area contributed by atoms with E-state index in [1.54, 1.807) is 6.20 Å². The highest BCUT2D eigenvalue weighted by Gasteiger charge is 2.40. The molecule has 2 aromatic rings. The van der Waals surface area contributed by atoms with Crippen molar-refractivity contribution in [1.82, 2.24) is 19.9 Å². The van der Waals surface area contributed by atoms with Gasteiger partial charge in [0.15, 0.2) is 0 Å². The van der Waals surface area contributed by atoms with Crippen LogP contribution >= 0.6 is 0 Å². The van der Waals surface area contributed by atoms with Crippen molar-refractivity contribution in [2.24, 2.45) is 0 Å². The lowest BCUT2D eigenvalue weighted by atomic mass is 10.2. The van der Waals surface area contributed by atoms with E-state index in [0.717, 1.165) is 12.3 Å². The SMILES string of the molecule is O=C(c1ccoc1C(F)(F)F)N1CCOC(Cn2ccnn2)C1. The Hall–Kier alpha value is -2.36. The second-order valence-electron chi connectivity index (χ2n) is 5.03. The van der Waals surface area contributed by atoms with Gasteiger partial charge in [-0.2, -0.15) is 13.2 Å². The molecule has 3 heterocycles. The van der Waals surface area contributed by atoms with Crippen molar-refractivity contribution in [2.45, 2.75) is 18.8 Å². The number of alkyl halides is 3. The third-order valence-electron chi connectivity index (χ3n) is 3.44. The molecule has 0 saturated carbocycles. The van der Waals surface area contributed by atoms with Crippen LogP contribution in [0.4, 0.5) is 13.2 Å². The van der Waals surface area contributed by atoms with Gasteiger partial charge in [0, 0.05) is 19.3 Å². The van der Waals surface area contributed by atoms with E-state index in [1.807, 2.05) is 0 Å². The summed E-state index contributed by atoms with van der Waals surface area (Å²) in [5.41, 5.74) is -0.487. The zero-order chi connectivity index (χ0) is 16.4. The second-order valence-corrected chi connectivity index (χ2v) is 5.03. The molecule has 1 atom stereocenters. The van der Waals surface area contributed by atoms with E-state index in [1.165, 1.54) is 15.8 Å². The van der Waals surface area contributed by atoms with E-state index in [9.17, 15) is 18.0 Å². The molecule has 0 aromatic carbocycles. The Morgan fingerprint density at radius 1 is 1.43 bits per heavy atom. The number of carbonyl (C=O) groups is 1. The maximum Gasteiger partial charge on any atom is 0.450 e. The molecular weight excluding hydrogens is 317 g/mol. The van der Waals surface area contributed by atoms with Crippen molar-refractivity contribution < 1.29 is 27.1 Å². The van der Waals surface area contributed by atoms with Gasteiger partial charge in [-0.05, 0) is 6.07 Å². The maximum absolute atomic E-state index is 12.8. The lowest BCUT2D eigenvalue weighted by Gasteiger charge is -2.32. The lowest BCUT2D eigenvalue weighted by molar-refractivity contribution is -0.153. The Morgan fingerprint density at radius 3 is 2.96 bits per heavy atom. The van der Waals surface area contributed by atoms with E-state index in [0.29, 0.717) is 6.54 Å². The van der Waals surface area contributed by atoms with Crippen LogP contribution in [0.2, 0.25) is 0 Å². The number of ether oxygens (including phenoxy) is 1. The smallest absolute Gasteiger partial charge is 0.450 e. The summed E-state index contributed by atoms with van der Waals surface area (Å²) >= 11 is 0. The van der Waals surface area contributed by atoms with Gasteiger partial charge in [0.2, 0.25) is 5.76 Å². The first-order valence-corrected chi connectivity index (χ1v) is 6.85. The van der Waals surface area contributed by atoms with Crippen molar-refractivity contribution in [2.75, 3.05) is 19.7 Å². The van der Waals surface area contributed by atoms with Crippen molar-refractivity contribution in [3.8, 4) is 0 Å². The first-order valence-electron chi connectivity index (χ1n) is 6.85. The average Bonchev–Trinajstić information content (AvgIpc) is 3.17. The molecule has 0 radical (unpaired) electrons. The Balaban J connectivity index is 1.71. The number of halogens is 3. The third kappa shape index (κ3) is 3.36. The molecule has 23 heavy (non-hydrogen) atoms. The topological polar surface area (TPSA) is 73.4 Å². The van der Waals surface area contributed by atoms with Gasteiger partial charge >= 0.3 is 6.18 Å². The average molecular weight is 330 g/mol. The fourth-order valence-corrected chi connectivity index (χ4v) is 2.42. The van der Waals surface area contributed by atoms with Gasteiger partial charge in [-0.3, -0.25) is 4.79 Å². The van der Waals surface area contributed by atoms with Gasteiger partial charge in [-0.1, -0.05) is 5.21 Å². The van der Waals surface area contributed by atoms with E-state index < -0.39 is 23.4 Å². The molecule has 0 bridgehead atoms. The predicted octanol–water partition coefficient (Wildman–Crippen LogP) is 1.43. The molecule has 7 nitrogen and oxygen atoms in total. The molecule has 1 aliphatic heterocycles. The summed E-state index contributed by atoms with van der Waals surface area (Å²) < 4.78 is 50.0. The minimum Gasteiger partial charge on any atom is -0.459 e. The first-order chi connectivity index (χ1) is 10.9.